The molecule has 3 rings (SSSR count). The van der Waals surface area contributed by atoms with Crippen molar-refractivity contribution < 1.29 is 14.3 Å². The molecular formula is C14H18N2O3. The van der Waals surface area contributed by atoms with Crippen LogP contribution >= 0.6 is 0 Å². The van der Waals surface area contributed by atoms with Crippen LogP contribution in [0.25, 0.3) is 0 Å². The molecule has 2 aliphatic heterocycles. The van der Waals surface area contributed by atoms with Crippen molar-refractivity contribution in [1.29, 1.82) is 0 Å². The lowest BCUT2D eigenvalue weighted by Crippen LogP contribution is -2.25. The number of hydrogen-bond donors (Lipinski definition) is 2. The van der Waals surface area contributed by atoms with Gasteiger partial charge < -0.3 is 20.1 Å². The van der Waals surface area contributed by atoms with Gasteiger partial charge in [-0.3, -0.25) is 4.79 Å². The van der Waals surface area contributed by atoms with Crippen molar-refractivity contribution in [2.24, 2.45) is 0 Å². The molecule has 0 aromatic heterocycles. The number of anilines is 2. The summed E-state index contributed by atoms with van der Waals surface area (Å²) >= 11 is 0. The number of benzene rings is 1. The summed E-state index contributed by atoms with van der Waals surface area (Å²) in [5.74, 6) is 0.627. The lowest BCUT2D eigenvalue weighted by atomic mass is 10.1. The van der Waals surface area contributed by atoms with E-state index in [1.165, 1.54) is 0 Å². The third kappa shape index (κ3) is 2.98. The minimum atomic E-state index is -0.104. The summed E-state index contributed by atoms with van der Waals surface area (Å²) < 4.78 is 10.8. The van der Waals surface area contributed by atoms with Gasteiger partial charge in [0.05, 0.1) is 5.69 Å². The zero-order valence-corrected chi connectivity index (χ0v) is 10.8. The minimum Gasteiger partial charge on any atom is -0.482 e. The van der Waals surface area contributed by atoms with E-state index < -0.39 is 0 Å². The van der Waals surface area contributed by atoms with Crippen LogP contribution in [0.15, 0.2) is 18.2 Å². The van der Waals surface area contributed by atoms with Gasteiger partial charge in [-0.2, -0.15) is 0 Å². The van der Waals surface area contributed by atoms with E-state index in [-0.39, 0.29) is 12.5 Å². The predicted octanol–water partition coefficient (Wildman–Crippen LogP) is 2.00. The molecule has 2 heterocycles. The molecule has 1 unspecified atom stereocenters. The highest BCUT2D eigenvalue weighted by Gasteiger charge is 2.17. The van der Waals surface area contributed by atoms with Crippen LogP contribution in [0, 0.1) is 0 Å². The van der Waals surface area contributed by atoms with E-state index in [0.29, 0.717) is 6.04 Å². The second kappa shape index (κ2) is 5.48. The van der Waals surface area contributed by atoms with E-state index in [1.807, 2.05) is 18.2 Å². The van der Waals surface area contributed by atoms with Gasteiger partial charge in [0.15, 0.2) is 6.61 Å². The molecule has 2 N–H and O–H groups in total. The van der Waals surface area contributed by atoms with Gasteiger partial charge in [0, 0.05) is 24.9 Å². The lowest BCUT2D eigenvalue weighted by molar-refractivity contribution is -0.118. The van der Waals surface area contributed by atoms with Crippen LogP contribution in [0.4, 0.5) is 11.4 Å². The maximum Gasteiger partial charge on any atom is 0.262 e. The number of nitrogens with one attached hydrogen (secondary N) is 2. The van der Waals surface area contributed by atoms with Crippen molar-refractivity contribution in [3.8, 4) is 5.75 Å². The molecule has 0 spiro atoms. The predicted molar refractivity (Wildman–Crippen MR) is 72.6 cm³/mol. The monoisotopic (exact) mass is 262 g/mol. The highest BCUT2D eigenvalue weighted by molar-refractivity contribution is 5.96. The first kappa shape index (κ1) is 12.3. The van der Waals surface area contributed by atoms with Crippen LogP contribution in [0.5, 0.6) is 5.75 Å². The highest BCUT2D eigenvalue weighted by Crippen LogP contribution is 2.31. The van der Waals surface area contributed by atoms with E-state index >= 15 is 0 Å². The number of rotatable bonds is 2. The molecule has 5 nitrogen and oxygen atoms in total. The maximum absolute atomic E-state index is 11.3. The third-order valence-corrected chi connectivity index (χ3v) is 3.44. The summed E-state index contributed by atoms with van der Waals surface area (Å²) in [4.78, 5) is 11.3. The number of ether oxygens (including phenoxy) is 2. The average molecular weight is 262 g/mol. The van der Waals surface area contributed by atoms with Crippen LogP contribution in [0.2, 0.25) is 0 Å². The Kier molecular flexibility index (Phi) is 3.55. The Morgan fingerprint density at radius 3 is 3.16 bits per heavy atom. The third-order valence-electron chi connectivity index (χ3n) is 3.44. The summed E-state index contributed by atoms with van der Waals surface area (Å²) in [7, 11) is 0. The van der Waals surface area contributed by atoms with E-state index in [4.69, 9.17) is 9.47 Å². The molecule has 1 saturated heterocycles. The Morgan fingerprint density at radius 2 is 2.21 bits per heavy atom. The fourth-order valence-electron chi connectivity index (χ4n) is 2.46. The van der Waals surface area contributed by atoms with Gasteiger partial charge in [-0.05, 0) is 37.5 Å². The largest absolute Gasteiger partial charge is 0.482 e. The van der Waals surface area contributed by atoms with Crippen LogP contribution in [0.3, 0.4) is 0 Å². The van der Waals surface area contributed by atoms with E-state index in [0.717, 1.165) is 49.6 Å². The quantitative estimate of drug-likeness (QED) is 0.856. The molecule has 1 aromatic carbocycles. The SMILES string of the molecule is O=C1COc2ccc(NC3CCCOCC3)cc2N1. The van der Waals surface area contributed by atoms with E-state index in [1.54, 1.807) is 0 Å². The summed E-state index contributed by atoms with van der Waals surface area (Å²) in [6.45, 7) is 1.76. The first-order chi connectivity index (χ1) is 9.31. The van der Waals surface area contributed by atoms with Crippen molar-refractivity contribution in [1.82, 2.24) is 0 Å². The molecule has 1 aromatic rings. The molecule has 0 bridgehead atoms. The lowest BCUT2D eigenvalue weighted by Gasteiger charge is -2.21. The smallest absolute Gasteiger partial charge is 0.262 e. The Bertz CT molecular complexity index is 468. The molecule has 19 heavy (non-hydrogen) atoms. The van der Waals surface area contributed by atoms with Crippen molar-refractivity contribution in [2.45, 2.75) is 25.3 Å². The van der Waals surface area contributed by atoms with Crippen LogP contribution < -0.4 is 15.4 Å². The number of fused-ring (bicyclic) bond motifs is 1. The molecule has 0 saturated carbocycles. The standard InChI is InChI=1S/C14H18N2O3/c17-14-9-19-13-4-3-11(8-12(13)16-14)15-10-2-1-6-18-7-5-10/h3-4,8,10,15H,1-2,5-7,9H2,(H,16,17). The number of amides is 1. The van der Waals surface area contributed by atoms with E-state index in [9.17, 15) is 4.79 Å². The number of carbonyl (C=O) groups is 1. The Balaban J connectivity index is 1.71. The van der Waals surface area contributed by atoms with Crippen molar-refractivity contribution in [3.05, 3.63) is 18.2 Å². The van der Waals surface area contributed by atoms with E-state index in [2.05, 4.69) is 10.6 Å². The Labute approximate surface area is 112 Å². The zero-order chi connectivity index (χ0) is 13.1. The first-order valence-electron chi connectivity index (χ1n) is 6.72. The second-order valence-electron chi connectivity index (χ2n) is 4.93. The molecule has 1 atom stereocenters. The topological polar surface area (TPSA) is 59.6 Å². The fraction of sp³-hybridized carbons (Fsp3) is 0.500. The molecule has 1 amide bonds. The van der Waals surface area contributed by atoms with Gasteiger partial charge in [-0.1, -0.05) is 0 Å². The first-order valence-corrected chi connectivity index (χ1v) is 6.72. The molecule has 0 aliphatic carbocycles. The number of hydrogen-bond acceptors (Lipinski definition) is 4. The highest BCUT2D eigenvalue weighted by atomic mass is 16.5. The Morgan fingerprint density at radius 1 is 1.26 bits per heavy atom. The summed E-state index contributed by atoms with van der Waals surface area (Å²) in [5.41, 5.74) is 1.75. The normalized spacial score (nSPS) is 22.7. The van der Waals surface area contributed by atoms with Crippen molar-refractivity contribution in [2.75, 3.05) is 30.5 Å². The van der Waals surface area contributed by atoms with Gasteiger partial charge in [0.25, 0.3) is 5.91 Å². The molecule has 5 heteroatoms. The Hall–Kier alpha value is -1.75. The van der Waals surface area contributed by atoms with Crippen molar-refractivity contribution in [3.63, 3.8) is 0 Å². The van der Waals surface area contributed by atoms with Crippen LogP contribution in [0.1, 0.15) is 19.3 Å². The minimum absolute atomic E-state index is 0.0970. The van der Waals surface area contributed by atoms with Gasteiger partial charge in [0.2, 0.25) is 0 Å². The number of carbonyl (C=O) groups excluding carboxylic acids is 1. The molecule has 2 aliphatic rings. The molecule has 0 radical (unpaired) electrons. The van der Waals surface area contributed by atoms with Crippen LogP contribution in [-0.2, 0) is 9.53 Å². The van der Waals surface area contributed by atoms with Crippen LogP contribution in [-0.4, -0.2) is 31.8 Å². The molecular weight excluding hydrogens is 244 g/mol. The molecule has 1 fully saturated rings. The van der Waals surface area contributed by atoms with Gasteiger partial charge >= 0.3 is 0 Å². The second-order valence-corrected chi connectivity index (χ2v) is 4.93. The summed E-state index contributed by atoms with van der Waals surface area (Å²) in [5, 5.41) is 6.32. The average Bonchev–Trinajstić information content (AvgIpc) is 2.67. The summed E-state index contributed by atoms with van der Waals surface area (Å²) in [6.07, 6.45) is 3.21. The van der Waals surface area contributed by atoms with Gasteiger partial charge in [0.1, 0.15) is 5.75 Å². The van der Waals surface area contributed by atoms with Gasteiger partial charge in [-0.25, -0.2) is 0 Å². The van der Waals surface area contributed by atoms with Gasteiger partial charge in [-0.15, -0.1) is 0 Å². The zero-order valence-electron chi connectivity index (χ0n) is 10.8. The maximum atomic E-state index is 11.3. The molecule has 102 valence electrons. The summed E-state index contributed by atoms with van der Waals surface area (Å²) in [6, 6.07) is 6.24. The van der Waals surface area contributed by atoms with Crippen molar-refractivity contribution >= 4 is 17.3 Å². The fourth-order valence-corrected chi connectivity index (χ4v) is 2.46.